The van der Waals surface area contributed by atoms with Crippen LogP contribution < -0.4 is 4.74 Å². The van der Waals surface area contributed by atoms with Crippen molar-refractivity contribution >= 4 is 10.9 Å². The van der Waals surface area contributed by atoms with E-state index >= 15 is 0 Å². The predicted octanol–water partition coefficient (Wildman–Crippen LogP) is 2.30. The average molecular weight is 262 g/mol. The quantitative estimate of drug-likeness (QED) is 0.778. The van der Waals surface area contributed by atoms with Crippen molar-refractivity contribution in [3.05, 3.63) is 30.0 Å². The molecule has 0 amide bonds. The van der Waals surface area contributed by atoms with Gasteiger partial charge in [-0.15, -0.1) is 0 Å². The topological polar surface area (TPSA) is 37.5 Å². The second-order valence-electron chi connectivity index (χ2n) is 4.89. The second kappa shape index (κ2) is 6.59. The number of H-pyrrole nitrogens is 1. The van der Waals surface area contributed by atoms with Gasteiger partial charge in [-0.1, -0.05) is 6.07 Å². The average Bonchev–Trinajstić information content (AvgIpc) is 2.81. The second-order valence-corrected chi connectivity index (χ2v) is 4.89. The van der Waals surface area contributed by atoms with Crippen LogP contribution in [-0.2, 0) is 11.2 Å². The Balaban J connectivity index is 2.22. The monoisotopic (exact) mass is 262 g/mol. The molecule has 4 nitrogen and oxygen atoms in total. The zero-order chi connectivity index (χ0) is 13.7. The SMILES string of the molecule is COCCOc1cccc2[nH]cc(CCN(C)C)c12. The third kappa shape index (κ3) is 3.49. The minimum atomic E-state index is 0.577. The molecule has 1 aromatic heterocycles. The molecule has 4 heteroatoms. The van der Waals surface area contributed by atoms with Crippen molar-refractivity contribution in [2.24, 2.45) is 0 Å². The lowest BCUT2D eigenvalue weighted by atomic mass is 10.1. The molecule has 19 heavy (non-hydrogen) atoms. The molecule has 0 fully saturated rings. The molecule has 0 spiro atoms. The normalized spacial score (nSPS) is 11.4. The van der Waals surface area contributed by atoms with Crippen molar-refractivity contribution in [2.75, 3.05) is 41.0 Å². The number of likely N-dealkylation sites (N-methyl/N-ethyl adjacent to an activating group) is 1. The van der Waals surface area contributed by atoms with E-state index in [4.69, 9.17) is 9.47 Å². The minimum Gasteiger partial charge on any atom is -0.490 e. The van der Waals surface area contributed by atoms with Gasteiger partial charge in [-0.3, -0.25) is 0 Å². The lowest BCUT2D eigenvalue weighted by Crippen LogP contribution is -2.15. The first-order chi connectivity index (χ1) is 9.22. The molecule has 1 heterocycles. The summed E-state index contributed by atoms with van der Waals surface area (Å²) >= 11 is 0. The number of nitrogens with zero attached hydrogens (tertiary/aromatic N) is 1. The lowest BCUT2D eigenvalue weighted by Gasteiger charge is -2.11. The summed E-state index contributed by atoms with van der Waals surface area (Å²) in [4.78, 5) is 5.50. The summed E-state index contributed by atoms with van der Waals surface area (Å²) in [5.74, 6) is 0.935. The lowest BCUT2D eigenvalue weighted by molar-refractivity contribution is 0.147. The first-order valence-electron chi connectivity index (χ1n) is 6.58. The van der Waals surface area contributed by atoms with Crippen molar-refractivity contribution < 1.29 is 9.47 Å². The van der Waals surface area contributed by atoms with E-state index in [0.29, 0.717) is 13.2 Å². The first-order valence-corrected chi connectivity index (χ1v) is 6.58. The minimum absolute atomic E-state index is 0.577. The Morgan fingerprint density at radius 1 is 1.21 bits per heavy atom. The Bertz CT molecular complexity index is 520. The maximum Gasteiger partial charge on any atom is 0.129 e. The molecule has 0 aliphatic rings. The van der Waals surface area contributed by atoms with Crippen LogP contribution in [0, 0.1) is 0 Å². The van der Waals surface area contributed by atoms with E-state index in [0.717, 1.165) is 24.2 Å². The molecule has 0 saturated heterocycles. The van der Waals surface area contributed by atoms with Crippen LogP contribution in [0.1, 0.15) is 5.56 Å². The highest BCUT2D eigenvalue weighted by Gasteiger charge is 2.09. The largest absolute Gasteiger partial charge is 0.490 e. The number of ether oxygens (including phenoxy) is 2. The van der Waals surface area contributed by atoms with Crippen molar-refractivity contribution in [2.45, 2.75) is 6.42 Å². The zero-order valence-corrected chi connectivity index (χ0v) is 11.9. The summed E-state index contributed by atoms with van der Waals surface area (Å²) in [7, 11) is 5.86. The van der Waals surface area contributed by atoms with Crippen LogP contribution in [0.15, 0.2) is 24.4 Å². The molecule has 104 valence electrons. The first kappa shape index (κ1) is 13.9. The van der Waals surface area contributed by atoms with Crippen LogP contribution >= 0.6 is 0 Å². The number of aromatic amines is 1. The van der Waals surface area contributed by atoms with Crippen molar-refractivity contribution in [1.82, 2.24) is 9.88 Å². The summed E-state index contributed by atoms with van der Waals surface area (Å²) < 4.78 is 10.8. The number of methoxy groups -OCH3 is 1. The third-order valence-electron chi connectivity index (χ3n) is 3.12. The molecular formula is C15H22N2O2. The zero-order valence-electron chi connectivity index (χ0n) is 11.9. The number of hydrogen-bond donors (Lipinski definition) is 1. The van der Waals surface area contributed by atoms with Crippen LogP contribution in [0.5, 0.6) is 5.75 Å². The molecule has 0 atom stereocenters. The van der Waals surface area contributed by atoms with E-state index in [2.05, 4.69) is 36.2 Å². The maximum atomic E-state index is 5.81. The summed E-state index contributed by atoms with van der Waals surface area (Å²) in [6.45, 7) is 2.21. The maximum absolute atomic E-state index is 5.81. The summed E-state index contributed by atoms with van der Waals surface area (Å²) in [5, 5.41) is 1.19. The predicted molar refractivity (Wildman–Crippen MR) is 77.9 cm³/mol. The van der Waals surface area contributed by atoms with Crippen molar-refractivity contribution in [1.29, 1.82) is 0 Å². The third-order valence-corrected chi connectivity index (χ3v) is 3.12. The van der Waals surface area contributed by atoms with Gasteiger partial charge in [0.2, 0.25) is 0 Å². The van der Waals surface area contributed by atoms with Crippen LogP contribution in [0.3, 0.4) is 0 Å². The molecule has 2 rings (SSSR count). The molecule has 0 saturated carbocycles. The molecule has 0 unspecified atom stereocenters. The van der Waals surface area contributed by atoms with Gasteiger partial charge in [0, 0.05) is 30.8 Å². The highest BCUT2D eigenvalue weighted by molar-refractivity contribution is 5.89. The molecule has 1 aromatic carbocycles. The molecule has 0 aliphatic carbocycles. The van der Waals surface area contributed by atoms with Gasteiger partial charge >= 0.3 is 0 Å². The summed E-state index contributed by atoms with van der Waals surface area (Å²) in [6, 6.07) is 6.11. The van der Waals surface area contributed by atoms with Gasteiger partial charge in [0.25, 0.3) is 0 Å². The molecular weight excluding hydrogens is 240 g/mol. The molecule has 0 aliphatic heterocycles. The number of fused-ring (bicyclic) bond motifs is 1. The fraction of sp³-hybridized carbons (Fsp3) is 0.467. The van der Waals surface area contributed by atoms with E-state index in [1.807, 2.05) is 12.1 Å². The van der Waals surface area contributed by atoms with Gasteiger partial charge in [0.15, 0.2) is 0 Å². The van der Waals surface area contributed by atoms with Gasteiger partial charge in [-0.2, -0.15) is 0 Å². The van der Waals surface area contributed by atoms with Crippen LogP contribution in [-0.4, -0.2) is 50.8 Å². The van der Waals surface area contributed by atoms with E-state index < -0.39 is 0 Å². The molecule has 1 N–H and O–H groups in total. The fourth-order valence-corrected chi connectivity index (χ4v) is 2.12. The van der Waals surface area contributed by atoms with Gasteiger partial charge in [0.1, 0.15) is 12.4 Å². The van der Waals surface area contributed by atoms with Crippen LogP contribution in [0.4, 0.5) is 0 Å². The smallest absolute Gasteiger partial charge is 0.129 e. The number of hydrogen-bond acceptors (Lipinski definition) is 3. The van der Waals surface area contributed by atoms with Crippen LogP contribution in [0.2, 0.25) is 0 Å². The molecule has 2 aromatic rings. The van der Waals surface area contributed by atoms with Crippen molar-refractivity contribution in [3.63, 3.8) is 0 Å². The summed E-state index contributed by atoms with van der Waals surface area (Å²) in [5.41, 5.74) is 2.43. The van der Waals surface area contributed by atoms with Gasteiger partial charge < -0.3 is 19.4 Å². The van der Waals surface area contributed by atoms with Gasteiger partial charge in [-0.05, 0) is 38.2 Å². The molecule has 0 radical (unpaired) electrons. The van der Waals surface area contributed by atoms with Gasteiger partial charge in [-0.25, -0.2) is 0 Å². The van der Waals surface area contributed by atoms with E-state index in [1.54, 1.807) is 7.11 Å². The van der Waals surface area contributed by atoms with E-state index in [1.165, 1.54) is 10.9 Å². The Kier molecular flexibility index (Phi) is 4.82. The number of benzene rings is 1. The summed E-state index contributed by atoms with van der Waals surface area (Å²) in [6.07, 6.45) is 3.09. The number of nitrogens with one attached hydrogen (secondary N) is 1. The Labute approximate surface area is 114 Å². The van der Waals surface area contributed by atoms with Crippen LogP contribution in [0.25, 0.3) is 10.9 Å². The standard InChI is InChI=1S/C15H22N2O2/c1-17(2)8-7-12-11-16-13-5-4-6-14(15(12)13)19-10-9-18-3/h4-6,11,16H,7-10H2,1-3H3. The Morgan fingerprint density at radius 3 is 2.79 bits per heavy atom. The number of aromatic nitrogens is 1. The van der Waals surface area contributed by atoms with Crippen molar-refractivity contribution in [3.8, 4) is 5.75 Å². The molecule has 0 bridgehead atoms. The van der Waals surface area contributed by atoms with E-state index in [9.17, 15) is 0 Å². The van der Waals surface area contributed by atoms with Gasteiger partial charge in [0.05, 0.1) is 6.61 Å². The Morgan fingerprint density at radius 2 is 2.05 bits per heavy atom. The number of rotatable bonds is 7. The highest BCUT2D eigenvalue weighted by Crippen LogP contribution is 2.29. The Hall–Kier alpha value is -1.52. The fourth-order valence-electron chi connectivity index (χ4n) is 2.12. The highest BCUT2D eigenvalue weighted by atomic mass is 16.5. The van der Waals surface area contributed by atoms with E-state index in [-0.39, 0.29) is 0 Å².